The Kier molecular flexibility index (Phi) is 4.85. The maximum Gasteiger partial charge on any atom is 0.237 e. The lowest BCUT2D eigenvalue weighted by atomic mass is 10.3. The second-order valence-electron chi connectivity index (χ2n) is 5.51. The predicted octanol–water partition coefficient (Wildman–Crippen LogP) is 4.42. The molecule has 0 aliphatic rings. The maximum atomic E-state index is 12.5. The molecule has 3 aromatic rings. The zero-order valence-electron chi connectivity index (χ0n) is 13.8. The molecular weight excluding hydrogens is 364 g/mol. The van der Waals surface area contributed by atoms with Gasteiger partial charge in [0.15, 0.2) is 4.34 Å². The first kappa shape index (κ1) is 17.3. The molecular formula is C16H17ClN4OS2. The number of hydrogen-bond acceptors (Lipinski definition) is 5. The average Bonchev–Trinajstić information content (AvgIpc) is 3.01. The summed E-state index contributed by atoms with van der Waals surface area (Å²) in [6, 6.07) is 5.64. The molecule has 0 saturated carbocycles. The highest BCUT2D eigenvalue weighted by atomic mass is 35.5. The van der Waals surface area contributed by atoms with Crippen LogP contribution in [0.2, 0.25) is 5.02 Å². The number of thiazole rings is 1. The minimum atomic E-state index is -0.264. The predicted molar refractivity (Wildman–Crippen MR) is 101 cm³/mol. The molecule has 1 aromatic carbocycles. The van der Waals surface area contributed by atoms with E-state index >= 15 is 0 Å². The molecule has 1 amide bonds. The monoisotopic (exact) mass is 380 g/mol. The fourth-order valence-electron chi connectivity index (χ4n) is 2.31. The van der Waals surface area contributed by atoms with Gasteiger partial charge < -0.3 is 5.32 Å². The fourth-order valence-corrected chi connectivity index (χ4v) is 4.67. The number of rotatable bonds is 4. The number of nitrogens with one attached hydrogen (secondary N) is 1. The Morgan fingerprint density at radius 2 is 2.17 bits per heavy atom. The Morgan fingerprint density at radius 1 is 1.42 bits per heavy atom. The minimum Gasteiger partial charge on any atom is -0.322 e. The molecule has 0 unspecified atom stereocenters. The molecule has 24 heavy (non-hydrogen) atoms. The van der Waals surface area contributed by atoms with Crippen LogP contribution < -0.4 is 5.32 Å². The number of amides is 1. The third kappa shape index (κ3) is 3.43. The van der Waals surface area contributed by atoms with Crippen LogP contribution in [0.4, 0.5) is 5.69 Å². The number of hydrogen-bond donors (Lipinski definition) is 1. The van der Waals surface area contributed by atoms with Crippen molar-refractivity contribution in [1.29, 1.82) is 0 Å². The summed E-state index contributed by atoms with van der Waals surface area (Å²) in [6.07, 6.45) is 0. The molecule has 0 aliphatic heterocycles. The van der Waals surface area contributed by atoms with Gasteiger partial charge in [0.25, 0.3) is 0 Å². The van der Waals surface area contributed by atoms with Crippen LogP contribution in [0.3, 0.4) is 0 Å². The number of aromatic nitrogens is 3. The smallest absolute Gasteiger partial charge is 0.237 e. The summed E-state index contributed by atoms with van der Waals surface area (Å²) in [6.45, 7) is 5.70. The van der Waals surface area contributed by atoms with E-state index in [-0.39, 0.29) is 11.2 Å². The second kappa shape index (κ2) is 6.74. The van der Waals surface area contributed by atoms with E-state index in [1.54, 1.807) is 16.0 Å². The van der Waals surface area contributed by atoms with Gasteiger partial charge in [-0.05, 0) is 39.0 Å². The Bertz CT molecular complexity index is 918. The summed E-state index contributed by atoms with van der Waals surface area (Å²) in [5.74, 6) is -0.0588. The van der Waals surface area contributed by atoms with Gasteiger partial charge in [-0.25, -0.2) is 4.98 Å². The van der Waals surface area contributed by atoms with Crippen LogP contribution in [0.25, 0.3) is 10.2 Å². The molecule has 0 aliphatic carbocycles. The molecule has 0 bridgehead atoms. The first-order chi connectivity index (χ1) is 11.3. The summed E-state index contributed by atoms with van der Waals surface area (Å²) in [5, 5.41) is 7.69. The summed E-state index contributed by atoms with van der Waals surface area (Å²) in [5.41, 5.74) is 3.40. The van der Waals surface area contributed by atoms with Crippen LogP contribution in [0, 0.1) is 13.8 Å². The number of carbonyl (C=O) groups excluding carboxylic acids is 1. The topological polar surface area (TPSA) is 59.8 Å². The van der Waals surface area contributed by atoms with Crippen molar-refractivity contribution < 1.29 is 4.79 Å². The quantitative estimate of drug-likeness (QED) is 0.680. The maximum absolute atomic E-state index is 12.5. The lowest BCUT2D eigenvalue weighted by molar-refractivity contribution is -0.115. The van der Waals surface area contributed by atoms with E-state index < -0.39 is 0 Å². The van der Waals surface area contributed by atoms with Gasteiger partial charge in [-0.3, -0.25) is 9.48 Å². The third-order valence-electron chi connectivity index (χ3n) is 3.73. The lowest BCUT2D eigenvalue weighted by Crippen LogP contribution is -2.23. The molecule has 0 radical (unpaired) electrons. The molecule has 8 heteroatoms. The van der Waals surface area contributed by atoms with Crippen molar-refractivity contribution in [3.05, 3.63) is 34.6 Å². The van der Waals surface area contributed by atoms with Gasteiger partial charge in [-0.15, -0.1) is 11.3 Å². The van der Waals surface area contributed by atoms with Crippen molar-refractivity contribution in [2.75, 3.05) is 5.32 Å². The van der Waals surface area contributed by atoms with E-state index in [9.17, 15) is 4.79 Å². The first-order valence-corrected chi connectivity index (χ1v) is 9.46. The van der Waals surface area contributed by atoms with Crippen molar-refractivity contribution in [2.24, 2.45) is 7.05 Å². The number of thioether (sulfide) groups is 1. The van der Waals surface area contributed by atoms with Crippen LogP contribution in [0.15, 0.2) is 22.5 Å². The summed E-state index contributed by atoms with van der Waals surface area (Å²) in [4.78, 5) is 17.0. The molecule has 0 saturated heterocycles. The molecule has 1 atom stereocenters. The van der Waals surface area contributed by atoms with E-state index in [2.05, 4.69) is 15.4 Å². The van der Waals surface area contributed by atoms with Gasteiger partial charge >= 0.3 is 0 Å². The van der Waals surface area contributed by atoms with Crippen LogP contribution >= 0.6 is 34.7 Å². The van der Waals surface area contributed by atoms with Crippen LogP contribution in [-0.2, 0) is 11.8 Å². The van der Waals surface area contributed by atoms with E-state index in [0.717, 1.165) is 31.6 Å². The Morgan fingerprint density at radius 3 is 2.83 bits per heavy atom. The second-order valence-corrected chi connectivity index (χ2v) is 8.57. The molecule has 5 nitrogen and oxygen atoms in total. The van der Waals surface area contributed by atoms with Crippen LogP contribution in [0.1, 0.15) is 18.3 Å². The van der Waals surface area contributed by atoms with Crippen molar-refractivity contribution >= 4 is 56.5 Å². The van der Waals surface area contributed by atoms with Gasteiger partial charge in [0.05, 0.1) is 32.5 Å². The van der Waals surface area contributed by atoms with Crippen molar-refractivity contribution in [1.82, 2.24) is 14.8 Å². The summed E-state index contributed by atoms with van der Waals surface area (Å²) < 4.78 is 3.68. The molecule has 0 fully saturated rings. The van der Waals surface area contributed by atoms with E-state index in [1.165, 1.54) is 11.8 Å². The number of halogens is 1. The van der Waals surface area contributed by atoms with Gasteiger partial charge in [-0.2, -0.15) is 5.10 Å². The zero-order valence-corrected chi connectivity index (χ0v) is 16.1. The Labute approximate surface area is 153 Å². The molecule has 2 heterocycles. The first-order valence-electron chi connectivity index (χ1n) is 7.39. The number of anilines is 1. The summed E-state index contributed by atoms with van der Waals surface area (Å²) in [7, 11) is 1.86. The van der Waals surface area contributed by atoms with Gasteiger partial charge in [-0.1, -0.05) is 23.4 Å². The molecule has 126 valence electrons. The molecule has 0 spiro atoms. The highest BCUT2D eigenvalue weighted by Crippen LogP contribution is 2.33. The molecule has 1 N–H and O–H groups in total. The average molecular weight is 381 g/mol. The van der Waals surface area contributed by atoms with Gasteiger partial charge in [0, 0.05) is 12.1 Å². The summed E-state index contributed by atoms with van der Waals surface area (Å²) >= 11 is 9.00. The normalized spacial score (nSPS) is 12.5. The zero-order chi connectivity index (χ0) is 17.4. The van der Waals surface area contributed by atoms with Crippen molar-refractivity contribution in [2.45, 2.75) is 30.4 Å². The highest BCUT2D eigenvalue weighted by molar-refractivity contribution is 8.02. The van der Waals surface area contributed by atoms with Crippen LogP contribution in [-0.4, -0.2) is 25.9 Å². The fraction of sp³-hybridized carbons (Fsp3) is 0.312. The van der Waals surface area contributed by atoms with Crippen molar-refractivity contribution in [3.63, 3.8) is 0 Å². The van der Waals surface area contributed by atoms with Gasteiger partial charge in [0.2, 0.25) is 5.91 Å². The SMILES string of the molecule is Cc1nn(C)c(C)c1NC(=O)[C@@H](C)Sc1nc2cc(Cl)ccc2s1. The van der Waals surface area contributed by atoms with E-state index in [0.29, 0.717) is 5.02 Å². The molecule has 3 rings (SSSR count). The minimum absolute atomic E-state index is 0.0588. The largest absolute Gasteiger partial charge is 0.322 e. The molecule has 2 aromatic heterocycles. The van der Waals surface area contributed by atoms with E-state index in [4.69, 9.17) is 11.6 Å². The van der Waals surface area contributed by atoms with Gasteiger partial charge in [0.1, 0.15) is 0 Å². The standard InChI is InChI=1S/C16H17ClN4OS2/c1-8-14(9(2)21(4)20-8)19-15(22)10(3)23-16-18-12-7-11(17)5-6-13(12)24-16/h5-7,10H,1-4H3,(H,19,22)/t10-/m1/s1. The number of fused-ring (bicyclic) bond motifs is 1. The number of benzene rings is 1. The number of aryl methyl sites for hydroxylation is 2. The number of nitrogens with zero attached hydrogens (tertiary/aromatic N) is 3. The highest BCUT2D eigenvalue weighted by Gasteiger charge is 2.20. The lowest BCUT2D eigenvalue weighted by Gasteiger charge is -2.10. The van der Waals surface area contributed by atoms with Crippen LogP contribution in [0.5, 0.6) is 0 Å². The van der Waals surface area contributed by atoms with Crippen molar-refractivity contribution in [3.8, 4) is 0 Å². The Balaban J connectivity index is 1.73. The third-order valence-corrected chi connectivity index (χ3v) is 6.20. The Hall–Kier alpha value is -1.57. The number of carbonyl (C=O) groups is 1. The van der Waals surface area contributed by atoms with E-state index in [1.807, 2.05) is 46.0 Å².